The third kappa shape index (κ3) is 6.34. The molecule has 2 aromatic carbocycles. The van der Waals surface area contributed by atoms with Gasteiger partial charge in [0.25, 0.3) is 0 Å². The van der Waals surface area contributed by atoms with Gasteiger partial charge in [-0.3, -0.25) is 9.59 Å². The molecule has 0 bridgehead atoms. The van der Waals surface area contributed by atoms with Crippen molar-refractivity contribution in [2.24, 2.45) is 5.92 Å². The van der Waals surface area contributed by atoms with Crippen LogP contribution in [0.1, 0.15) is 24.8 Å². The number of thiophene rings is 1. The summed E-state index contributed by atoms with van der Waals surface area (Å²) in [4.78, 5) is 24.2. The molecule has 2 N–H and O–H groups in total. The molecule has 1 aromatic heterocycles. The highest BCUT2D eigenvalue weighted by atomic mass is 32.1. The van der Waals surface area contributed by atoms with Crippen LogP contribution in [0.15, 0.2) is 66.0 Å². The molecule has 3 rings (SSSR count). The lowest BCUT2D eigenvalue weighted by molar-refractivity contribution is -0.274. The number of carboxylic acids is 1. The average molecular weight is 463 g/mol. The Kier molecular flexibility index (Phi) is 7.19. The first-order valence-corrected chi connectivity index (χ1v) is 10.5. The maximum Gasteiger partial charge on any atom is 0.573 e. The van der Waals surface area contributed by atoms with E-state index >= 15 is 0 Å². The lowest BCUT2D eigenvalue weighted by Crippen LogP contribution is -2.29. The number of carbonyl (C=O) groups excluding carboxylic acids is 1. The van der Waals surface area contributed by atoms with Gasteiger partial charge in [-0.25, -0.2) is 0 Å². The van der Waals surface area contributed by atoms with Crippen molar-refractivity contribution in [3.63, 3.8) is 0 Å². The van der Waals surface area contributed by atoms with E-state index in [-0.39, 0.29) is 18.1 Å². The number of carbonyl (C=O) groups is 2. The minimum Gasteiger partial charge on any atom is -0.481 e. The Hall–Kier alpha value is -3.33. The van der Waals surface area contributed by atoms with Crippen LogP contribution in [0, 0.1) is 5.92 Å². The molecule has 0 saturated heterocycles. The van der Waals surface area contributed by atoms with Crippen LogP contribution in [0.25, 0.3) is 11.1 Å². The highest BCUT2D eigenvalue weighted by Gasteiger charge is 2.31. The summed E-state index contributed by atoms with van der Waals surface area (Å²) in [5.74, 6) is -2.89. The second kappa shape index (κ2) is 9.86. The lowest BCUT2D eigenvalue weighted by Gasteiger charge is -2.22. The number of amides is 1. The summed E-state index contributed by atoms with van der Waals surface area (Å²) in [6.45, 7) is 1.81. The lowest BCUT2D eigenvalue weighted by atomic mass is 9.84. The van der Waals surface area contributed by atoms with Crippen molar-refractivity contribution >= 4 is 28.2 Å². The number of alkyl halides is 3. The number of nitrogens with one attached hydrogen (secondary N) is 1. The van der Waals surface area contributed by atoms with Gasteiger partial charge in [0.2, 0.25) is 5.91 Å². The van der Waals surface area contributed by atoms with Gasteiger partial charge in [0, 0.05) is 5.38 Å². The van der Waals surface area contributed by atoms with Crippen LogP contribution in [0.4, 0.5) is 18.2 Å². The number of halogens is 3. The van der Waals surface area contributed by atoms with Crippen molar-refractivity contribution in [3.05, 3.63) is 71.6 Å². The highest BCUT2D eigenvalue weighted by molar-refractivity contribution is 7.14. The molecule has 0 fully saturated rings. The van der Waals surface area contributed by atoms with Crippen molar-refractivity contribution < 1.29 is 32.6 Å². The van der Waals surface area contributed by atoms with Crippen LogP contribution in [0.5, 0.6) is 5.75 Å². The SMILES string of the molecule is C[C@@H](c1ccccc1)[C@@H](CC(=O)O)C(=O)Nc1cc(-c2ccc(OC(F)(F)F)cc2)cs1. The normalized spacial score (nSPS) is 13.2. The van der Waals surface area contributed by atoms with E-state index in [2.05, 4.69) is 10.1 Å². The Labute approximate surface area is 186 Å². The van der Waals surface area contributed by atoms with Crippen LogP contribution in [-0.2, 0) is 9.59 Å². The Bertz CT molecular complexity index is 1060. The van der Waals surface area contributed by atoms with Crippen LogP contribution >= 0.6 is 11.3 Å². The third-order valence-corrected chi connectivity index (χ3v) is 5.77. The van der Waals surface area contributed by atoms with E-state index in [0.29, 0.717) is 16.1 Å². The van der Waals surface area contributed by atoms with Crippen LogP contribution in [0.2, 0.25) is 0 Å². The molecule has 0 unspecified atom stereocenters. The smallest absolute Gasteiger partial charge is 0.481 e. The van der Waals surface area contributed by atoms with E-state index in [1.165, 1.54) is 35.6 Å². The zero-order chi connectivity index (χ0) is 23.3. The number of benzene rings is 2. The molecule has 32 heavy (non-hydrogen) atoms. The molecule has 2 atom stereocenters. The van der Waals surface area contributed by atoms with Gasteiger partial charge in [0.1, 0.15) is 5.75 Å². The number of carboxylic acid groups (broad SMARTS) is 1. The summed E-state index contributed by atoms with van der Waals surface area (Å²) in [5, 5.41) is 14.3. The van der Waals surface area contributed by atoms with Gasteiger partial charge < -0.3 is 15.2 Å². The summed E-state index contributed by atoms with van der Waals surface area (Å²) in [7, 11) is 0. The maximum atomic E-state index is 12.9. The predicted octanol–water partition coefficient (Wildman–Crippen LogP) is 6.15. The Morgan fingerprint density at radius 1 is 1.06 bits per heavy atom. The average Bonchev–Trinajstić information content (AvgIpc) is 3.19. The molecule has 0 spiro atoms. The quantitative estimate of drug-likeness (QED) is 0.420. The minimum absolute atomic E-state index is 0.312. The van der Waals surface area contributed by atoms with Gasteiger partial charge in [0.15, 0.2) is 0 Å². The van der Waals surface area contributed by atoms with E-state index in [9.17, 15) is 27.9 Å². The van der Waals surface area contributed by atoms with Gasteiger partial charge in [0.05, 0.1) is 17.3 Å². The summed E-state index contributed by atoms with van der Waals surface area (Å²) in [6, 6.07) is 16.3. The molecular weight excluding hydrogens is 443 g/mol. The van der Waals surface area contributed by atoms with E-state index < -0.39 is 24.2 Å². The Morgan fingerprint density at radius 2 is 1.72 bits per heavy atom. The van der Waals surface area contributed by atoms with Gasteiger partial charge >= 0.3 is 12.3 Å². The number of anilines is 1. The Morgan fingerprint density at radius 3 is 2.31 bits per heavy atom. The van der Waals surface area contributed by atoms with Crippen molar-refractivity contribution in [1.82, 2.24) is 0 Å². The fraction of sp³-hybridized carbons (Fsp3) is 0.217. The van der Waals surface area contributed by atoms with Gasteiger partial charge in [-0.05, 0) is 40.8 Å². The first-order chi connectivity index (χ1) is 15.1. The first kappa shape index (κ1) is 23.3. The molecule has 1 heterocycles. The second-order valence-electron chi connectivity index (χ2n) is 7.16. The predicted molar refractivity (Wildman–Crippen MR) is 116 cm³/mol. The van der Waals surface area contributed by atoms with Crippen molar-refractivity contribution in [3.8, 4) is 16.9 Å². The molecular formula is C23H20F3NO4S. The third-order valence-electron chi connectivity index (χ3n) is 4.93. The number of hydrogen-bond acceptors (Lipinski definition) is 4. The maximum absolute atomic E-state index is 12.9. The molecule has 0 saturated carbocycles. The molecule has 168 valence electrons. The first-order valence-electron chi connectivity index (χ1n) is 9.64. The molecule has 1 amide bonds. The largest absolute Gasteiger partial charge is 0.573 e. The van der Waals surface area contributed by atoms with Crippen molar-refractivity contribution in [2.45, 2.75) is 25.6 Å². The monoisotopic (exact) mass is 463 g/mol. The number of rotatable bonds is 8. The van der Waals surface area contributed by atoms with E-state index in [1.807, 2.05) is 37.3 Å². The summed E-state index contributed by atoms with van der Waals surface area (Å²) in [6.07, 6.45) is -5.08. The highest BCUT2D eigenvalue weighted by Crippen LogP contribution is 2.33. The molecule has 0 aliphatic heterocycles. The Balaban J connectivity index is 1.72. The van der Waals surface area contributed by atoms with Gasteiger partial charge in [-0.2, -0.15) is 0 Å². The van der Waals surface area contributed by atoms with Crippen molar-refractivity contribution in [1.29, 1.82) is 0 Å². The molecule has 9 heteroatoms. The van der Waals surface area contributed by atoms with Gasteiger partial charge in [-0.1, -0.05) is 49.4 Å². The van der Waals surface area contributed by atoms with Gasteiger partial charge in [-0.15, -0.1) is 24.5 Å². The van der Waals surface area contributed by atoms with Crippen LogP contribution in [-0.4, -0.2) is 23.3 Å². The topological polar surface area (TPSA) is 75.6 Å². The van der Waals surface area contributed by atoms with E-state index in [4.69, 9.17) is 0 Å². The summed E-state index contributed by atoms with van der Waals surface area (Å²) >= 11 is 1.24. The fourth-order valence-corrected chi connectivity index (χ4v) is 4.10. The number of ether oxygens (including phenoxy) is 1. The van der Waals surface area contributed by atoms with Crippen molar-refractivity contribution in [2.75, 3.05) is 5.32 Å². The second-order valence-corrected chi connectivity index (χ2v) is 8.08. The number of aliphatic carboxylic acids is 1. The fourth-order valence-electron chi connectivity index (χ4n) is 3.29. The zero-order valence-corrected chi connectivity index (χ0v) is 17.7. The molecule has 0 aliphatic carbocycles. The summed E-state index contributed by atoms with van der Waals surface area (Å²) in [5.41, 5.74) is 2.22. The molecule has 0 aliphatic rings. The zero-order valence-electron chi connectivity index (χ0n) is 16.9. The van der Waals surface area contributed by atoms with Crippen LogP contribution < -0.4 is 10.1 Å². The molecule has 3 aromatic rings. The summed E-state index contributed by atoms with van der Waals surface area (Å²) < 4.78 is 40.8. The minimum atomic E-state index is -4.76. The van der Waals surface area contributed by atoms with E-state index in [1.54, 1.807) is 11.4 Å². The number of hydrogen-bond donors (Lipinski definition) is 2. The molecule has 5 nitrogen and oxygen atoms in total. The molecule has 0 radical (unpaired) electrons. The van der Waals surface area contributed by atoms with Crippen LogP contribution in [0.3, 0.4) is 0 Å². The van der Waals surface area contributed by atoms with E-state index in [0.717, 1.165) is 5.56 Å². The standard InChI is InChI=1S/C23H20F3NO4S/c1-14(15-5-3-2-4-6-15)19(12-21(28)29)22(30)27-20-11-17(13-32-20)16-7-9-18(10-8-16)31-23(24,25)26/h2-11,13-14,19H,12H2,1H3,(H,27,30)(H,28,29)/t14-,19+/m0/s1.